The molecule has 1 heterocycles. The van der Waals surface area contributed by atoms with Crippen LogP contribution in [0.1, 0.15) is 5.56 Å². The predicted molar refractivity (Wildman–Crippen MR) is 71.1 cm³/mol. The summed E-state index contributed by atoms with van der Waals surface area (Å²) in [5.41, 5.74) is 6.13. The molecule has 0 spiro atoms. The van der Waals surface area contributed by atoms with E-state index in [-0.39, 0.29) is 24.0 Å². The highest BCUT2D eigenvalue weighted by atomic mass is 35.5. The van der Waals surface area contributed by atoms with E-state index in [2.05, 4.69) is 4.98 Å². The van der Waals surface area contributed by atoms with Crippen molar-refractivity contribution in [2.75, 3.05) is 5.73 Å². The minimum Gasteiger partial charge on any atom is -0.473 e. The third-order valence-electron chi connectivity index (χ3n) is 2.37. The van der Waals surface area contributed by atoms with Crippen LogP contribution in [-0.2, 0) is 6.61 Å². The second kappa shape index (κ2) is 5.53. The van der Waals surface area contributed by atoms with E-state index in [1.165, 1.54) is 12.1 Å². The average Bonchev–Trinajstić information content (AvgIpc) is 2.37. The fraction of sp³-hybridized carbons (Fsp3) is 0.0833. The molecule has 2 rings (SSSR count). The summed E-state index contributed by atoms with van der Waals surface area (Å²) in [6, 6.07) is 9.80. The van der Waals surface area contributed by atoms with Crippen LogP contribution in [0.5, 0.6) is 5.88 Å². The van der Waals surface area contributed by atoms with Gasteiger partial charge in [-0.15, -0.1) is 0 Å². The van der Waals surface area contributed by atoms with Crippen molar-refractivity contribution < 1.29 is 9.66 Å². The zero-order chi connectivity index (χ0) is 13.8. The fourth-order valence-electron chi connectivity index (χ4n) is 1.42. The van der Waals surface area contributed by atoms with Gasteiger partial charge in [-0.05, 0) is 17.7 Å². The molecule has 0 saturated heterocycles. The van der Waals surface area contributed by atoms with Crippen molar-refractivity contribution in [1.82, 2.24) is 4.98 Å². The number of halogens is 1. The van der Waals surface area contributed by atoms with Crippen molar-refractivity contribution in [3.63, 3.8) is 0 Å². The van der Waals surface area contributed by atoms with Gasteiger partial charge in [0.05, 0.1) is 4.92 Å². The molecular formula is C12H10ClN3O3. The first-order valence-corrected chi connectivity index (χ1v) is 5.72. The van der Waals surface area contributed by atoms with Crippen LogP contribution >= 0.6 is 11.6 Å². The second-order valence-corrected chi connectivity index (χ2v) is 4.16. The monoisotopic (exact) mass is 279 g/mol. The molecule has 0 fully saturated rings. The molecule has 0 amide bonds. The van der Waals surface area contributed by atoms with Gasteiger partial charge >= 0.3 is 5.69 Å². The normalized spacial score (nSPS) is 10.2. The maximum absolute atomic E-state index is 10.6. The van der Waals surface area contributed by atoms with Gasteiger partial charge in [0.25, 0.3) is 0 Å². The second-order valence-electron chi connectivity index (χ2n) is 3.73. The molecule has 19 heavy (non-hydrogen) atoms. The first-order valence-electron chi connectivity index (χ1n) is 5.34. The number of hydrogen-bond donors (Lipinski definition) is 1. The number of hydrogen-bond acceptors (Lipinski definition) is 5. The Labute approximate surface area is 113 Å². The largest absolute Gasteiger partial charge is 0.473 e. The molecular weight excluding hydrogens is 270 g/mol. The van der Waals surface area contributed by atoms with Crippen molar-refractivity contribution in [3.8, 4) is 5.88 Å². The first kappa shape index (κ1) is 13.1. The number of pyridine rings is 1. The number of aromatic nitrogens is 1. The maximum atomic E-state index is 10.6. The molecule has 0 radical (unpaired) electrons. The standard InChI is InChI=1S/C12H10ClN3O3/c13-9-3-1-8(2-4-9)7-19-11-6-5-10(16(17)18)12(14)15-11/h1-6H,7H2,(H2,14,15). The molecule has 1 aromatic heterocycles. The van der Waals surface area contributed by atoms with Gasteiger partial charge in [0.2, 0.25) is 11.7 Å². The van der Waals surface area contributed by atoms with Gasteiger partial charge < -0.3 is 10.5 Å². The molecule has 7 heteroatoms. The first-order chi connectivity index (χ1) is 9.06. The number of nitrogen functional groups attached to an aromatic ring is 1. The van der Waals surface area contributed by atoms with Gasteiger partial charge in [0.15, 0.2) is 0 Å². The Balaban J connectivity index is 2.06. The predicted octanol–water partition coefficient (Wildman–Crippen LogP) is 2.80. The van der Waals surface area contributed by atoms with Gasteiger partial charge in [0, 0.05) is 17.2 Å². The van der Waals surface area contributed by atoms with Crippen molar-refractivity contribution in [2.24, 2.45) is 0 Å². The Morgan fingerprint density at radius 1 is 1.26 bits per heavy atom. The molecule has 6 nitrogen and oxygen atoms in total. The Bertz CT molecular complexity index is 602. The highest BCUT2D eigenvalue weighted by Crippen LogP contribution is 2.22. The molecule has 0 aliphatic carbocycles. The Kier molecular flexibility index (Phi) is 3.82. The van der Waals surface area contributed by atoms with E-state index in [0.29, 0.717) is 5.02 Å². The minimum absolute atomic E-state index is 0.168. The van der Waals surface area contributed by atoms with Gasteiger partial charge in [-0.25, -0.2) is 0 Å². The molecule has 0 bridgehead atoms. The highest BCUT2D eigenvalue weighted by Gasteiger charge is 2.13. The Morgan fingerprint density at radius 2 is 1.95 bits per heavy atom. The van der Waals surface area contributed by atoms with E-state index in [1.54, 1.807) is 12.1 Å². The molecule has 0 aliphatic heterocycles. The molecule has 98 valence electrons. The lowest BCUT2D eigenvalue weighted by Crippen LogP contribution is -2.02. The number of rotatable bonds is 4. The van der Waals surface area contributed by atoms with Crippen molar-refractivity contribution in [1.29, 1.82) is 0 Å². The molecule has 0 saturated carbocycles. The third kappa shape index (κ3) is 3.32. The van der Waals surface area contributed by atoms with Crippen molar-refractivity contribution in [2.45, 2.75) is 6.61 Å². The van der Waals surface area contributed by atoms with Gasteiger partial charge in [0.1, 0.15) is 6.61 Å². The Hall–Kier alpha value is -2.34. The summed E-state index contributed by atoms with van der Waals surface area (Å²) < 4.78 is 5.39. The zero-order valence-electron chi connectivity index (χ0n) is 9.75. The number of nitrogens with two attached hydrogens (primary N) is 1. The van der Waals surface area contributed by atoms with E-state index in [1.807, 2.05) is 12.1 Å². The van der Waals surface area contributed by atoms with Gasteiger partial charge in [-0.2, -0.15) is 4.98 Å². The van der Waals surface area contributed by atoms with Crippen LogP contribution in [0.15, 0.2) is 36.4 Å². The average molecular weight is 280 g/mol. The SMILES string of the molecule is Nc1nc(OCc2ccc(Cl)cc2)ccc1[N+](=O)[O-]. The number of nitrogens with zero attached hydrogens (tertiary/aromatic N) is 2. The lowest BCUT2D eigenvalue weighted by molar-refractivity contribution is -0.384. The summed E-state index contributed by atoms with van der Waals surface area (Å²) in [6.45, 7) is 0.279. The van der Waals surface area contributed by atoms with Crippen molar-refractivity contribution in [3.05, 3.63) is 57.1 Å². The van der Waals surface area contributed by atoms with E-state index in [0.717, 1.165) is 5.56 Å². The van der Waals surface area contributed by atoms with Crippen LogP contribution in [0.25, 0.3) is 0 Å². The van der Waals surface area contributed by atoms with Crippen LogP contribution in [0, 0.1) is 10.1 Å². The maximum Gasteiger partial charge on any atom is 0.311 e. The van der Waals surface area contributed by atoms with Gasteiger partial charge in [-0.3, -0.25) is 10.1 Å². The van der Waals surface area contributed by atoms with Crippen LogP contribution in [-0.4, -0.2) is 9.91 Å². The van der Waals surface area contributed by atoms with Gasteiger partial charge in [-0.1, -0.05) is 23.7 Å². The third-order valence-corrected chi connectivity index (χ3v) is 2.63. The summed E-state index contributed by atoms with van der Waals surface area (Å²) in [6.07, 6.45) is 0. The summed E-state index contributed by atoms with van der Waals surface area (Å²) in [5, 5.41) is 11.2. The number of ether oxygens (including phenoxy) is 1. The van der Waals surface area contributed by atoms with E-state index >= 15 is 0 Å². The van der Waals surface area contributed by atoms with Crippen molar-refractivity contribution >= 4 is 23.1 Å². The molecule has 0 atom stereocenters. The lowest BCUT2D eigenvalue weighted by atomic mass is 10.2. The van der Waals surface area contributed by atoms with Crippen LogP contribution < -0.4 is 10.5 Å². The van der Waals surface area contributed by atoms with Crippen LogP contribution in [0.2, 0.25) is 5.02 Å². The fourth-order valence-corrected chi connectivity index (χ4v) is 1.55. The number of anilines is 1. The summed E-state index contributed by atoms with van der Waals surface area (Å²) in [4.78, 5) is 13.8. The smallest absolute Gasteiger partial charge is 0.311 e. The number of benzene rings is 1. The summed E-state index contributed by atoms with van der Waals surface area (Å²) in [5.74, 6) is 0.0663. The van der Waals surface area contributed by atoms with Crippen LogP contribution in [0.3, 0.4) is 0 Å². The topological polar surface area (TPSA) is 91.3 Å². The summed E-state index contributed by atoms with van der Waals surface area (Å²) >= 11 is 5.76. The molecule has 0 aliphatic rings. The Morgan fingerprint density at radius 3 is 2.53 bits per heavy atom. The summed E-state index contributed by atoms with van der Waals surface area (Å²) in [7, 11) is 0. The van der Waals surface area contributed by atoms with E-state index in [9.17, 15) is 10.1 Å². The molecule has 1 aromatic carbocycles. The molecule has 2 N–H and O–H groups in total. The quantitative estimate of drug-likeness (QED) is 0.686. The molecule has 0 unspecified atom stereocenters. The lowest BCUT2D eigenvalue weighted by Gasteiger charge is -2.06. The van der Waals surface area contributed by atoms with E-state index < -0.39 is 4.92 Å². The minimum atomic E-state index is -0.592. The highest BCUT2D eigenvalue weighted by molar-refractivity contribution is 6.30. The zero-order valence-corrected chi connectivity index (χ0v) is 10.5. The van der Waals surface area contributed by atoms with Crippen LogP contribution in [0.4, 0.5) is 11.5 Å². The number of nitro groups is 1. The van der Waals surface area contributed by atoms with E-state index in [4.69, 9.17) is 22.1 Å². The molecule has 2 aromatic rings.